The molecule has 2 aromatic heterocycles. The normalized spacial score (nSPS) is 12.4. The van der Waals surface area contributed by atoms with E-state index in [0.29, 0.717) is 0 Å². The summed E-state index contributed by atoms with van der Waals surface area (Å²) in [6, 6.07) is 2.01. The van der Waals surface area contributed by atoms with Gasteiger partial charge in [-0.1, -0.05) is 34.6 Å². The maximum atomic E-state index is 4.76. The Morgan fingerprint density at radius 3 is 2.30 bits per heavy atom. The topological polar surface area (TPSA) is 51.6 Å². The van der Waals surface area contributed by atoms with Gasteiger partial charge in [0, 0.05) is 30.4 Å². The summed E-state index contributed by atoms with van der Waals surface area (Å²) < 4.78 is 0. The summed E-state index contributed by atoms with van der Waals surface area (Å²) in [6.07, 6.45) is 8.08. The zero-order chi connectivity index (χ0) is 14.8. The standard InChI is InChI=1S/C16H22N4/c1-15(2,3)14-11-17-10-13(20-14)8-16(4,5)12-6-7-18-19-9-12/h6-7,9-11H,8H2,1-5H3. The molecule has 20 heavy (non-hydrogen) atoms. The highest BCUT2D eigenvalue weighted by atomic mass is 15.1. The number of rotatable bonds is 3. The molecule has 2 aromatic rings. The van der Waals surface area contributed by atoms with Crippen LogP contribution in [0.2, 0.25) is 0 Å². The molecule has 0 aliphatic rings. The van der Waals surface area contributed by atoms with E-state index in [1.165, 1.54) is 0 Å². The van der Waals surface area contributed by atoms with Crippen molar-refractivity contribution < 1.29 is 0 Å². The van der Waals surface area contributed by atoms with Crippen LogP contribution in [0.1, 0.15) is 51.6 Å². The van der Waals surface area contributed by atoms with Gasteiger partial charge >= 0.3 is 0 Å². The van der Waals surface area contributed by atoms with E-state index in [2.05, 4.69) is 49.8 Å². The molecule has 0 unspecified atom stereocenters. The molecule has 106 valence electrons. The molecular weight excluding hydrogens is 248 g/mol. The number of hydrogen-bond donors (Lipinski definition) is 0. The fourth-order valence-corrected chi connectivity index (χ4v) is 2.10. The third-order valence-corrected chi connectivity index (χ3v) is 3.44. The summed E-state index contributed by atoms with van der Waals surface area (Å²) >= 11 is 0. The first kappa shape index (κ1) is 14.6. The van der Waals surface area contributed by atoms with Crippen molar-refractivity contribution in [2.45, 2.75) is 51.9 Å². The Morgan fingerprint density at radius 2 is 1.70 bits per heavy atom. The van der Waals surface area contributed by atoms with E-state index in [1.54, 1.807) is 6.20 Å². The number of aromatic nitrogens is 4. The van der Waals surface area contributed by atoms with Gasteiger partial charge in [-0.25, -0.2) is 0 Å². The van der Waals surface area contributed by atoms with Gasteiger partial charge in [-0.2, -0.15) is 10.2 Å². The minimum atomic E-state index is -0.0405. The molecule has 0 aliphatic heterocycles. The summed E-state index contributed by atoms with van der Waals surface area (Å²) in [5.41, 5.74) is 3.18. The molecule has 0 saturated heterocycles. The molecule has 2 rings (SSSR count). The van der Waals surface area contributed by atoms with E-state index in [1.807, 2.05) is 24.7 Å². The molecule has 4 heteroatoms. The molecule has 0 saturated carbocycles. The maximum absolute atomic E-state index is 4.76. The predicted molar refractivity (Wildman–Crippen MR) is 79.5 cm³/mol. The lowest BCUT2D eigenvalue weighted by molar-refractivity contribution is 0.501. The number of nitrogens with zero attached hydrogens (tertiary/aromatic N) is 4. The van der Waals surface area contributed by atoms with Gasteiger partial charge in [0.2, 0.25) is 0 Å². The fraction of sp³-hybridized carbons (Fsp3) is 0.500. The summed E-state index contributed by atoms with van der Waals surface area (Å²) in [5, 5.41) is 7.80. The summed E-state index contributed by atoms with van der Waals surface area (Å²) in [5.74, 6) is 0. The van der Waals surface area contributed by atoms with Crippen LogP contribution >= 0.6 is 0 Å². The fourth-order valence-electron chi connectivity index (χ4n) is 2.10. The van der Waals surface area contributed by atoms with Crippen LogP contribution in [-0.4, -0.2) is 20.2 Å². The highest BCUT2D eigenvalue weighted by Gasteiger charge is 2.23. The average Bonchev–Trinajstić information content (AvgIpc) is 2.38. The minimum Gasteiger partial charge on any atom is -0.261 e. The molecule has 0 bridgehead atoms. The van der Waals surface area contributed by atoms with E-state index in [0.717, 1.165) is 23.4 Å². The van der Waals surface area contributed by atoms with Gasteiger partial charge in [0.1, 0.15) is 0 Å². The third-order valence-electron chi connectivity index (χ3n) is 3.44. The van der Waals surface area contributed by atoms with Crippen molar-refractivity contribution in [3.8, 4) is 0 Å². The molecule has 0 aromatic carbocycles. The Bertz CT molecular complexity index is 571. The second-order valence-corrected chi connectivity index (χ2v) is 6.84. The third kappa shape index (κ3) is 3.38. The van der Waals surface area contributed by atoms with E-state index in [9.17, 15) is 0 Å². The van der Waals surface area contributed by atoms with Crippen molar-refractivity contribution in [2.75, 3.05) is 0 Å². The molecule has 0 spiro atoms. The van der Waals surface area contributed by atoms with Crippen LogP contribution in [0.3, 0.4) is 0 Å². The van der Waals surface area contributed by atoms with Crippen molar-refractivity contribution in [3.63, 3.8) is 0 Å². The van der Waals surface area contributed by atoms with E-state index in [-0.39, 0.29) is 10.8 Å². The molecule has 4 nitrogen and oxygen atoms in total. The zero-order valence-electron chi connectivity index (χ0n) is 12.9. The Balaban J connectivity index is 2.26. The highest BCUT2D eigenvalue weighted by Crippen LogP contribution is 2.27. The largest absolute Gasteiger partial charge is 0.261 e. The second-order valence-electron chi connectivity index (χ2n) is 6.84. The van der Waals surface area contributed by atoms with Crippen LogP contribution in [-0.2, 0) is 17.3 Å². The monoisotopic (exact) mass is 270 g/mol. The van der Waals surface area contributed by atoms with Gasteiger partial charge < -0.3 is 0 Å². The van der Waals surface area contributed by atoms with Gasteiger partial charge in [0.25, 0.3) is 0 Å². The van der Waals surface area contributed by atoms with Crippen molar-refractivity contribution in [2.24, 2.45) is 0 Å². The summed E-state index contributed by atoms with van der Waals surface area (Å²) in [6.45, 7) is 10.8. The Labute approximate surface area is 120 Å². The van der Waals surface area contributed by atoms with Gasteiger partial charge in [0.05, 0.1) is 17.6 Å². The Kier molecular flexibility index (Phi) is 3.84. The highest BCUT2D eigenvalue weighted by molar-refractivity contribution is 5.22. The van der Waals surface area contributed by atoms with Crippen molar-refractivity contribution >= 4 is 0 Å². The lowest BCUT2D eigenvalue weighted by Gasteiger charge is -2.25. The molecule has 0 N–H and O–H groups in total. The first-order valence-corrected chi connectivity index (χ1v) is 6.88. The SMILES string of the molecule is CC(C)(C)c1cncc(CC(C)(C)c2ccnnc2)n1. The van der Waals surface area contributed by atoms with Crippen LogP contribution in [0.25, 0.3) is 0 Å². The molecule has 0 fully saturated rings. The van der Waals surface area contributed by atoms with Gasteiger partial charge in [-0.05, 0) is 17.0 Å². The van der Waals surface area contributed by atoms with Crippen molar-refractivity contribution in [3.05, 3.63) is 47.8 Å². The quantitative estimate of drug-likeness (QED) is 0.860. The lowest BCUT2D eigenvalue weighted by atomic mass is 9.81. The Hall–Kier alpha value is -1.84. The molecule has 0 amide bonds. The molecule has 0 radical (unpaired) electrons. The van der Waals surface area contributed by atoms with Crippen molar-refractivity contribution in [1.82, 2.24) is 20.2 Å². The molecule has 2 heterocycles. The first-order chi connectivity index (χ1) is 9.29. The average molecular weight is 270 g/mol. The first-order valence-electron chi connectivity index (χ1n) is 6.88. The van der Waals surface area contributed by atoms with E-state index in [4.69, 9.17) is 4.98 Å². The van der Waals surface area contributed by atoms with Crippen LogP contribution in [0.5, 0.6) is 0 Å². The summed E-state index contributed by atoms with van der Waals surface area (Å²) in [4.78, 5) is 9.09. The minimum absolute atomic E-state index is 0.0192. The van der Waals surface area contributed by atoms with Gasteiger partial charge in [-0.15, -0.1) is 0 Å². The van der Waals surface area contributed by atoms with Crippen LogP contribution in [0.4, 0.5) is 0 Å². The summed E-state index contributed by atoms with van der Waals surface area (Å²) in [7, 11) is 0. The van der Waals surface area contributed by atoms with E-state index < -0.39 is 0 Å². The van der Waals surface area contributed by atoms with Crippen LogP contribution < -0.4 is 0 Å². The Morgan fingerprint density at radius 1 is 0.950 bits per heavy atom. The smallest absolute Gasteiger partial charge is 0.0643 e. The lowest BCUT2D eigenvalue weighted by Crippen LogP contribution is -2.23. The van der Waals surface area contributed by atoms with Crippen LogP contribution in [0, 0.1) is 0 Å². The second kappa shape index (κ2) is 5.27. The van der Waals surface area contributed by atoms with Crippen LogP contribution in [0.15, 0.2) is 30.9 Å². The maximum Gasteiger partial charge on any atom is 0.0643 e. The van der Waals surface area contributed by atoms with E-state index >= 15 is 0 Å². The van der Waals surface area contributed by atoms with Crippen molar-refractivity contribution in [1.29, 1.82) is 0 Å². The molecular formula is C16H22N4. The predicted octanol–water partition coefficient (Wildman–Crippen LogP) is 3.08. The van der Waals surface area contributed by atoms with Gasteiger partial charge in [-0.3, -0.25) is 9.97 Å². The number of hydrogen-bond acceptors (Lipinski definition) is 4. The zero-order valence-corrected chi connectivity index (χ0v) is 12.9. The molecule has 0 aliphatic carbocycles. The molecule has 0 atom stereocenters. The van der Waals surface area contributed by atoms with Gasteiger partial charge in [0.15, 0.2) is 0 Å².